The van der Waals surface area contributed by atoms with E-state index >= 15 is 0 Å². The van der Waals surface area contributed by atoms with Crippen molar-refractivity contribution in [1.82, 2.24) is 5.32 Å². The van der Waals surface area contributed by atoms with Crippen LogP contribution in [0.15, 0.2) is 42.5 Å². The summed E-state index contributed by atoms with van der Waals surface area (Å²) < 4.78 is 0. The van der Waals surface area contributed by atoms with Crippen LogP contribution in [-0.2, 0) is 0 Å². The maximum Gasteiger partial charge on any atom is 0.0579 e. The Labute approximate surface area is 128 Å². The van der Waals surface area contributed by atoms with Crippen LogP contribution in [0.5, 0.6) is 0 Å². The second-order valence-electron chi connectivity index (χ2n) is 6.56. The molecule has 0 heterocycles. The largest absolute Gasteiger partial charge is 0.306 e. The van der Waals surface area contributed by atoms with E-state index in [1.807, 2.05) is 0 Å². The minimum atomic E-state index is 0.311. The van der Waals surface area contributed by atoms with Gasteiger partial charge in [0.05, 0.1) is 6.04 Å². The first-order valence-electron chi connectivity index (χ1n) is 8.00. The molecule has 1 nitrogen and oxygen atoms in total. The van der Waals surface area contributed by atoms with Crippen LogP contribution in [0.3, 0.4) is 0 Å². The van der Waals surface area contributed by atoms with Crippen LogP contribution in [0.1, 0.15) is 46.7 Å². The van der Waals surface area contributed by atoms with E-state index in [1.165, 1.54) is 40.7 Å². The summed E-state index contributed by atoms with van der Waals surface area (Å²) in [6.07, 6.45) is 2.78. The third-order valence-corrected chi connectivity index (χ3v) is 4.43. The molecule has 0 aromatic heterocycles. The summed E-state index contributed by atoms with van der Waals surface area (Å²) in [6.45, 7) is 7.70. The van der Waals surface area contributed by atoms with Gasteiger partial charge in [-0.1, -0.05) is 53.6 Å². The van der Waals surface area contributed by atoms with Crippen molar-refractivity contribution in [3.63, 3.8) is 0 Å². The molecule has 0 spiro atoms. The molecule has 110 valence electrons. The van der Waals surface area contributed by atoms with Gasteiger partial charge in [0.2, 0.25) is 0 Å². The normalized spacial score (nSPS) is 16.0. The predicted molar refractivity (Wildman–Crippen MR) is 89.7 cm³/mol. The zero-order chi connectivity index (χ0) is 14.8. The summed E-state index contributed by atoms with van der Waals surface area (Å²) in [5, 5.41) is 3.81. The Bertz CT molecular complexity index is 625. The van der Waals surface area contributed by atoms with Gasteiger partial charge < -0.3 is 5.32 Å². The van der Waals surface area contributed by atoms with Gasteiger partial charge in [-0.05, 0) is 62.8 Å². The number of hydrogen-bond donors (Lipinski definition) is 1. The molecule has 3 rings (SSSR count). The summed E-state index contributed by atoms with van der Waals surface area (Å²) >= 11 is 0. The van der Waals surface area contributed by atoms with Crippen molar-refractivity contribution >= 4 is 0 Å². The van der Waals surface area contributed by atoms with Gasteiger partial charge in [-0.3, -0.25) is 0 Å². The van der Waals surface area contributed by atoms with Crippen molar-refractivity contribution in [2.24, 2.45) is 5.92 Å². The summed E-state index contributed by atoms with van der Waals surface area (Å²) in [6, 6.07) is 16.0. The maximum atomic E-state index is 3.81. The first-order chi connectivity index (χ1) is 10.1. The van der Waals surface area contributed by atoms with Crippen LogP contribution in [0.4, 0.5) is 0 Å². The Morgan fingerprint density at radius 3 is 2.48 bits per heavy atom. The minimum absolute atomic E-state index is 0.311. The number of hydrogen-bond acceptors (Lipinski definition) is 1. The van der Waals surface area contributed by atoms with Crippen molar-refractivity contribution in [2.75, 3.05) is 6.54 Å². The fraction of sp³-hybridized carbons (Fsp3) is 0.400. The van der Waals surface area contributed by atoms with Crippen molar-refractivity contribution in [2.45, 2.75) is 39.7 Å². The third-order valence-electron chi connectivity index (χ3n) is 4.43. The molecule has 0 aliphatic heterocycles. The Morgan fingerprint density at radius 2 is 1.76 bits per heavy atom. The van der Waals surface area contributed by atoms with Crippen LogP contribution >= 0.6 is 0 Å². The van der Waals surface area contributed by atoms with Crippen LogP contribution in [-0.4, -0.2) is 6.54 Å². The summed E-state index contributed by atoms with van der Waals surface area (Å²) in [5.74, 6) is 0.891. The lowest BCUT2D eigenvalue weighted by Crippen LogP contribution is -2.25. The van der Waals surface area contributed by atoms with Gasteiger partial charge in [-0.2, -0.15) is 0 Å². The molecular formula is C20H25N. The van der Waals surface area contributed by atoms with Gasteiger partial charge in [-0.15, -0.1) is 0 Å². The minimum Gasteiger partial charge on any atom is -0.306 e. The van der Waals surface area contributed by atoms with Gasteiger partial charge in [0.25, 0.3) is 0 Å². The summed E-state index contributed by atoms with van der Waals surface area (Å²) in [7, 11) is 0. The number of aryl methyl sites for hydroxylation is 3. The average Bonchev–Trinajstić information content (AvgIpc) is 3.27. The average molecular weight is 279 g/mol. The molecule has 1 atom stereocenters. The molecule has 0 radical (unpaired) electrons. The topological polar surface area (TPSA) is 12.0 Å². The van der Waals surface area contributed by atoms with E-state index in [0.29, 0.717) is 6.04 Å². The highest BCUT2D eigenvalue weighted by Crippen LogP contribution is 2.31. The monoisotopic (exact) mass is 279 g/mol. The molecule has 21 heavy (non-hydrogen) atoms. The zero-order valence-corrected chi connectivity index (χ0v) is 13.3. The lowest BCUT2D eigenvalue weighted by Gasteiger charge is -2.22. The van der Waals surface area contributed by atoms with Crippen molar-refractivity contribution in [1.29, 1.82) is 0 Å². The Balaban J connectivity index is 1.95. The molecular weight excluding hydrogens is 254 g/mol. The molecule has 0 amide bonds. The van der Waals surface area contributed by atoms with E-state index in [1.54, 1.807) is 0 Å². The van der Waals surface area contributed by atoms with Crippen LogP contribution in [0.2, 0.25) is 0 Å². The van der Waals surface area contributed by atoms with Crippen LogP contribution in [0.25, 0.3) is 0 Å². The van der Waals surface area contributed by atoms with E-state index in [-0.39, 0.29) is 0 Å². The lowest BCUT2D eigenvalue weighted by atomic mass is 9.92. The molecule has 1 N–H and O–H groups in total. The number of benzene rings is 2. The predicted octanol–water partition coefficient (Wildman–Crippen LogP) is 4.70. The van der Waals surface area contributed by atoms with Gasteiger partial charge in [0.1, 0.15) is 0 Å². The van der Waals surface area contributed by atoms with Crippen LogP contribution < -0.4 is 5.32 Å². The highest BCUT2D eigenvalue weighted by molar-refractivity contribution is 5.40. The highest BCUT2D eigenvalue weighted by Gasteiger charge is 2.24. The molecule has 0 bridgehead atoms. The standard InChI is InChI=1S/C20H25N/c1-14-5-4-6-18(11-14)20(21-13-17-9-10-17)19-12-15(2)7-8-16(19)3/h4-8,11-12,17,20-21H,9-10,13H2,1-3H3. The van der Waals surface area contributed by atoms with Gasteiger partial charge in [0, 0.05) is 0 Å². The fourth-order valence-corrected chi connectivity index (χ4v) is 2.93. The zero-order valence-electron chi connectivity index (χ0n) is 13.3. The summed E-state index contributed by atoms with van der Waals surface area (Å²) in [5.41, 5.74) is 6.83. The van der Waals surface area contributed by atoms with Gasteiger partial charge in [0.15, 0.2) is 0 Å². The Hall–Kier alpha value is -1.60. The second-order valence-corrected chi connectivity index (χ2v) is 6.56. The number of nitrogens with one attached hydrogen (secondary N) is 1. The molecule has 0 saturated heterocycles. The molecule has 1 aliphatic carbocycles. The quantitative estimate of drug-likeness (QED) is 0.836. The molecule has 2 aromatic carbocycles. The maximum absolute atomic E-state index is 3.81. The molecule has 2 aromatic rings. The molecule has 1 saturated carbocycles. The van der Waals surface area contributed by atoms with E-state index < -0.39 is 0 Å². The molecule has 1 heteroatoms. The Kier molecular flexibility index (Phi) is 4.12. The van der Waals surface area contributed by atoms with Gasteiger partial charge in [-0.25, -0.2) is 0 Å². The molecule has 1 unspecified atom stereocenters. The second kappa shape index (κ2) is 6.03. The van der Waals surface area contributed by atoms with Crippen molar-refractivity contribution < 1.29 is 0 Å². The van der Waals surface area contributed by atoms with Crippen molar-refractivity contribution in [3.8, 4) is 0 Å². The highest BCUT2D eigenvalue weighted by atomic mass is 14.9. The Morgan fingerprint density at radius 1 is 1.00 bits per heavy atom. The lowest BCUT2D eigenvalue weighted by molar-refractivity contribution is 0.571. The number of rotatable bonds is 5. The first kappa shape index (κ1) is 14.3. The molecule has 1 fully saturated rings. The van der Waals surface area contributed by atoms with Crippen LogP contribution in [0, 0.1) is 26.7 Å². The summed E-state index contributed by atoms with van der Waals surface area (Å²) in [4.78, 5) is 0. The smallest absolute Gasteiger partial charge is 0.0579 e. The SMILES string of the molecule is Cc1cccc(C(NCC2CC2)c2cc(C)ccc2C)c1. The molecule has 1 aliphatic rings. The van der Waals surface area contributed by atoms with E-state index in [4.69, 9.17) is 0 Å². The third kappa shape index (κ3) is 3.54. The van der Waals surface area contributed by atoms with E-state index in [0.717, 1.165) is 12.5 Å². The fourth-order valence-electron chi connectivity index (χ4n) is 2.93. The first-order valence-corrected chi connectivity index (χ1v) is 8.00. The van der Waals surface area contributed by atoms with E-state index in [9.17, 15) is 0 Å². The van der Waals surface area contributed by atoms with Gasteiger partial charge >= 0.3 is 0 Å². The van der Waals surface area contributed by atoms with E-state index in [2.05, 4.69) is 68.6 Å². The van der Waals surface area contributed by atoms with Crippen molar-refractivity contribution in [3.05, 3.63) is 70.3 Å².